The summed E-state index contributed by atoms with van der Waals surface area (Å²) in [6, 6.07) is 9.74. The summed E-state index contributed by atoms with van der Waals surface area (Å²) in [7, 11) is 6.57. The van der Waals surface area contributed by atoms with Gasteiger partial charge in [-0.25, -0.2) is 0 Å². The molecule has 2 unspecified atom stereocenters. The Hall–Kier alpha value is -2.91. The van der Waals surface area contributed by atoms with Crippen LogP contribution in [0, 0.1) is 10.8 Å². The van der Waals surface area contributed by atoms with Crippen LogP contribution in [0.3, 0.4) is 0 Å². The van der Waals surface area contributed by atoms with Crippen molar-refractivity contribution in [1.29, 1.82) is 0 Å². The molecule has 9 heteroatoms. The highest BCUT2D eigenvalue weighted by Crippen LogP contribution is 2.46. The molecule has 222 valence electrons. The zero-order valence-corrected chi connectivity index (χ0v) is 27.0. The summed E-state index contributed by atoms with van der Waals surface area (Å²) in [6.07, 6.45) is 1.84. The van der Waals surface area contributed by atoms with Gasteiger partial charge in [0, 0.05) is 13.1 Å². The number of benzene rings is 2. The number of nitrogens with zero attached hydrogens (tertiary/aromatic N) is 1. The summed E-state index contributed by atoms with van der Waals surface area (Å²) in [6.45, 7) is 12.0. The number of hydrogen-bond donors (Lipinski definition) is 0. The van der Waals surface area contributed by atoms with E-state index in [4.69, 9.17) is 28.1 Å². The molecule has 1 amide bonds. The summed E-state index contributed by atoms with van der Waals surface area (Å²) in [5.74, 6) is 3.10. The van der Waals surface area contributed by atoms with Gasteiger partial charge in [-0.2, -0.15) is 0 Å². The molecule has 0 bridgehead atoms. The van der Waals surface area contributed by atoms with Gasteiger partial charge in [-0.15, -0.1) is 0 Å². The normalized spacial score (nSPS) is 18.2. The average molecular weight is 574 g/mol. The van der Waals surface area contributed by atoms with Crippen molar-refractivity contribution < 1.29 is 32.9 Å². The van der Waals surface area contributed by atoms with E-state index >= 15 is 0 Å². The molecule has 2 aromatic rings. The topological polar surface area (TPSA) is 75.7 Å². The van der Waals surface area contributed by atoms with E-state index in [2.05, 4.69) is 33.9 Å². The van der Waals surface area contributed by atoms with Gasteiger partial charge in [0.1, 0.15) is 0 Å². The van der Waals surface area contributed by atoms with E-state index in [1.54, 1.807) is 35.5 Å². The largest absolute Gasteiger partial charge is 0.493 e. The Kier molecular flexibility index (Phi) is 10.4. The second-order valence-corrected chi connectivity index (χ2v) is 14.3. The highest BCUT2D eigenvalue weighted by atomic mass is 28.3. The molecule has 0 saturated carbocycles. The second kappa shape index (κ2) is 13.2. The van der Waals surface area contributed by atoms with Crippen LogP contribution in [-0.2, 0) is 22.2 Å². The van der Waals surface area contributed by atoms with Crippen molar-refractivity contribution >= 4 is 14.9 Å². The number of carbonyl (C=O) groups is 1. The average Bonchev–Trinajstić information content (AvgIpc) is 3.21. The van der Waals surface area contributed by atoms with Gasteiger partial charge in [0.25, 0.3) is 0 Å². The van der Waals surface area contributed by atoms with E-state index < -0.39 is 14.5 Å². The van der Waals surface area contributed by atoms with Crippen molar-refractivity contribution in [2.75, 3.05) is 42.1 Å². The molecule has 1 aliphatic rings. The molecule has 40 heavy (non-hydrogen) atoms. The molecule has 0 aliphatic carbocycles. The minimum atomic E-state index is -1.46. The van der Waals surface area contributed by atoms with E-state index in [9.17, 15) is 4.79 Å². The fraction of sp³-hybridized carbons (Fsp3) is 0.581. The van der Waals surface area contributed by atoms with Crippen LogP contribution in [0.4, 0.5) is 0 Å². The smallest absolute Gasteiger partial charge is 0.232 e. The molecular formula is C31H47NO7Si. The number of rotatable bonds is 13. The first-order valence-corrected chi connectivity index (χ1v) is 16.6. The summed E-state index contributed by atoms with van der Waals surface area (Å²) >= 11 is 0. The molecule has 2 atom stereocenters. The SMILES string of the molecule is COc1ccc(CC2(C(CC(C)(C)C)O[SiH](C)C)CCN(Cc3cc(OC)c(OC)c(OC)c3)C2=O)cc1OC. The molecule has 0 N–H and O–H groups in total. The molecule has 1 aliphatic heterocycles. The van der Waals surface area contributed by atoms with Crippen molar-refractivity contribution in [3.8, 4) is 28.7 Å². The van der Waals surface area contributed by atoms with Crippen LogP contribution in [0.5, 0.6) is 28.7 Å². The molecule has 1 saturated heterocycles. The highest BCUT2D eigenvalue weighted by molar-refractivity contribution is 6.48. The molecule has 1 heterocycles. The van der Waals surface area contributed by atoms with Gasteiger partial charge in [-0.1, -0.05) is 26.8 Å². The Morgan fingerprint density at radius 1 is 0.850 bits per heavy atom. The lowest BCUT2D eigenvalue weighted by Crippen LogP contribution is -2.48. The first kappa shape index (κ1) is 31.6. The number of carbonyl (C=O) groups excluding carboxylic acids is 1. The minimum Gasteiger partial charge on any atom is -0.493 e. The molecule has 0 radical (unpaired) electrons. The van der Waals surface area contributed by atoms with Crippen molar-refractivity contribution in [3.63, 3.8) is 0 Å². The molecule has 0 spiro atoms. The van der Waals surface area contributed by atoms with Crippen molar-refractivity contribution in [2.24, 2.45) is 10.8 Å². The number of likely N-dealkylation sites (tertiary alicyclic amines) is 1. The predicted octanol–water partition coefficient (Wildman–Crippen LogP) is 5.50. The minimum absolute atomic E-state index is 0.0109. The van der Waals surface area contributed by atoms with Crippen LogP contribution >= 0.6 is 0 Å². The molecule has 3 rings (SSSR count). The fourth-order valence-corrected chi connectivity index (χ4v) is 6.66. The van der Waals surface area contributed by atoms with E-state index in [0.717, 1.165) is 17.5 Å². The van der Waals surface area contributed by atoms with E-state index in [-0.39, 0.29) is 17.4 Å². The van der Waals surface area contributed by atoms with Crippen LogP contribution < -0.4 is 23.7 Å². The van der Waals surface area contributed by atoms with Crippen LogP contribution in [0.1, 0.15) is 44.7 Å². The maximum atomic E-state index is 14.6. The number of hydrogen-bond acceptors (Lipinski definition) is 7. The second-order valence-electron chi connectivity index (χ2n) is 12.0. The van der Waals surface area contributed by atoms with Gasteiger partial charge in [0.15, 0.2) is 32.0 Å². The molecule has 2 aromatic carbocycles. The summed E-state index contributed by atoms with van der Waals surface area (Å²) in [5.41, 5.74) is 1.22. The molecule has 0 aromatic heterocycles. The van der Waals surface area contributed by atoms with Crippen molar-refractivity contribution in [1.82, 2.24) is 4.90 Å². The Morgan fingerprint density at radius 3 is 1.93 bits per heavy atom. The maximum Gasteiger partial charge on any atom is 0.232 e. The van der Waals surface area contributed by atoms with E-state index in [0.29, 0.717) is 54.7 Å². The summed E-state index contributed by atoms with van der Waals surface area (Å²) < 4.78 is 34.4. The Balaban J connectivity index is 2.05. The molecule has 8 nitrogen and oxygen atoms in total. The maximum absolute atomic E-state index is 14.6. The summed E-state index contributed by atoms with van der Waals surface area (Å²) in [5, 5.41) is 0. The predicted molar refractivity (Wildman–Crippen MR) is 160 cm³/mol. The standard InChI is InChI=1S/C31H47NO7Si/c1-30(2,3)19-27(39-40(9)10)31(18-21-11-12-23(34-4)24(15-21)35-5)13-14-32(29(31)33)20-22-16-25(36-6)28(38-8)26(17-22)37-7/h11-12,15-17,27,40H,13-14,18-20H2,1-10H3. The third kappa shape index (κ3) is 7.04. The lowest BCUT2D eigenvalue weighted by molar-refractivity contribution is -0.142. The fourth-order valence-electron chi connectivity index (χ4n) is 5.65. The van der Waals surface area contributed by atoms with Crippen LogP contribution in [0.25, 0.3) is 0 Å². The Bertz CT molecular complexity index is 1140. The number of ether oxygens (including phenoxy) is 5. The van der Waals surface area contributed by atoms with Gasteiger partial charge in [-0.05, 0) is 73.2 Å². The van der Waals surface area contributed by atoms with Crippen LogP contribution in [0.2, 0.25) is 13.1 Å². The summed E-state index contributed by atoms with van der Waals surface area (Å²) in [4.78, 5) is 16.5. The third-order valence-corrected chi connectivity index (χ3v) is 8.33. The quantitative estimate of drug-likeness (QED) is 0.293. The first-order valence-electron chi connectivity index (χ1n) is 13.9. The Labute approximate surface area is 241 Å². The first-order chi connectivity index (χ1) is 18.9. The lowest BCUT2D eigenvalue weighted by Gasteiger charge is -2.40. The van der Waals surface area contributed by atoms with Gasteiger partial charge >= 0.3 is 0 Å². The van der Waals surface area contributed by atoms with Crippen molar-refractivity contribution in [3.05, 3.63) is 41.5 Å². The monoisotopic (exact) mass is 573 g/mol. The molecular weight excluding hydrogens is 526 g/mol. The number of amides is 1. The highest BCUT2D eigenvalue weighted by Gasteiger charge is 2.53. The third-order valence-electron chi connectivity index (χ3n) is 7.46. The molecule has 1 fully saturated rings. The van der Waals surface area contributed by atoms with Crippen LogP contribution in [0.15, 0.2) is 30.3 Å². The van der Waals surface area contributed by atoms with Gasteiger partial charge in [0.05, 0.1) is 47.1 Å². The zero-order chi connectivity index (χ0) is 29.7. The van der Waals surface area contributed by atoms with Gasteiger partial charge < -0.3 is 33.0 Å². The van der Waals surface area contributed by atoms with Crippen molar-refractivity contribution in [2.45, 2.75) is 65.8 Å². The number of methoxy groups -OCH3 is 5. The van der Waals surface area contributed by atoms with Gasteiger partial charge in [0.2, 0.25) is 11.7 Å². The Morgan fingerprint density at radius 2 is 1.43 bits per heavy atom. The lowest BCUT2D eigenvalue weighted by atomic mass is 9.70. The van der Waals surface area contributed by atoms with Gasteiger partial charge in [-0.3, -0.25) is 4.79 Å². The van der Waals surface area contributed by atoms with Crippen LogP contribution in [-0.4, -0.2) is 68.0 Å². The van der Waals surface area contributed by atoms with E-state index in [1.807, 2.05) is 35.2 Å². The zero-order valence-electron chi connectivity index (χ0n) is 25.9. The van der Waals surface area contributed by atoms with E-state index in [1.165, 1.54) is 0 Å².